The molecule has 8 N–H and O–H groups in total. The van der Waals surface area contributed by atoms with E-state index >= 15 is 0 Å². The molecule has 0 radical (unpaired) electrons. The van der Waals surface area contributed by atoms with Crippen LogP contribution in [0.2, 0.25) is 0 Å². The second-order valence-corrected chi connectivity index (χ2v) is 8.42. The van der Waals surface area contributed by atoms with E-state index < -0.39 is 65.0 Å². The van der Waals surface area contributed by atoms with Gasteiger partial charge in [0.1, 0.15) is 23.7 Å². The van der Waals surface area contributed by atoms with Crippen LogP contribution in [0.1, 0.15) is 19.8 Å². The number of carbonyl (C=O) groups is 4. The van der Waals surface area contributed by atoms with Gasteiger partial charge in [-0.3, -0.25) is 24.7 Å². The largest absolute Gasteiger partial charge is 0.477 e. The third-order valence-electron chi connectivity index (χ3n) is 4.96. The monoisotopic (exact) mass is 496 g/mol. The molecule has 0 aromatic heterocycles. The smallest absolute Gasteiger partial charge is 0.415 e. The number of nitrogens with zero attached hydrogens (tertiary/aromatic N) is 1. The van der Waals surface area contributed by atoms with Crippen LogP contribution in [0.4, 0.5) is 13.2 Å². The second-order valence-electron chi connectivity index (χ2n) is 7.31. The molecule has 3 atom stereocenters. The number of aliphatic carboxylic acids is 1. The molecule has 3 unspecified atom stereocenters. The van der Waals surface area contributed by atoms with Crippen molar-refractivity contribution in [2.45, 2.75) is 42.9 Å². The van der Waals surface area contributed by atoms with Gasteiger partial charge in [-0.1, -0.05) is 0 Å². The number of nitrogens with one attached hydrogen (secondary N) is 3. The topological polar surface area (TPSA) is 201 Å². The van der Waals surface area contributed by atoms with Crippen LogP contribution in [0.25, 0.3) is 0 Å². The molecule has 33 heavy (non-hydrogen) atoms. The van der Waals surface area contributed by atoms with Crippen LogP contribution < -0.4 is 22.1 Å². The molecule has 0 bridgehead atoms. The summed E-state index contributed by atoms with van der Waals surface area (Å²) >= 11 is 0.999. The highest BCUT2D eigenvalue weighted by molar-refractivity contribution is 8.00. The molecule has 184 valence electrons. The molecular weight excluding hydrogens is 473 g/mol. The minimum atomic E-state index is -5.15. The van der Waals surface area contributed by atoms with Gasteiger partial charge < -0.3 is 31.9 Å². The van der Waals surface area contributed by atoms with Gasteiger partial charge in [-0.15, -0.1) is 11.8 Å². The molecular formula is C17H23F3N6O6S. The maximum Gasteiger partial charge on any atom is 0.415 e. The quantitative estimate of drug-likeness (QED) is 0.0741. The number of halogens is 3. The second kappa shape index (κ2) is 9.86. The van der Waals surface area contributed by atoms with E-state index in [1.807, 2.05) is 5.32 Å². The average molecular weight is 496 g/mol. The van der Waals surface area contributed by atoms with Crippen LogP contribution in [0.15, 0.2) is 11.3 Å². The number of carboxylic acid groups (broad SMARTS) is 1. The van der Waals surface area contributed by atoms with Crippen molar-refractivity contribution in [1.29, 1.82) is 5.41 Å². The van der Waals surface area contributed by atoms with E-state index in [1.54, 1.807) is 0 Å². The van der Waals surface area contributed by atoms with Crippen molar-refractivity contribution in [1.82, 2.24) is 15.5 Å². The van der Waals surface area contributed by atoms with E-state index in [2.05, 4.69) is 5.32 Å². The van der Waals surface area contributed by atoms with E-state index in [-0.39, 0.29) is 30.9 Å². The van der Waals surface area contributed by atoms with Gasteiger partial charge in [-0.05, 0) is 12.8 Å². The van der Waals surface area contributed by atoms with Crippen molar-refractivity contribution in [2.75, 3.05) is 18.9 Å². The molecule has 0 spiro atoms. The summed E-state index contributed by atoms with van der Waals surface area (Å²) in [5.41, 5.74) is 6.84. The van der Waals surface area contributed by atoms with Gasteiger partial charge in [0.05, 0.1) is 0 Å². The van der Waals surface area contributed by atoms with Crippen LogP contribution in [0, 0.1) is 5.41 Å². The molecule has 1 fully saturated rings. The molecule has 0 aromatic carbocycles. The van der Waals surface area contributed by atoms with E-state index in [0.29, 0.717) is 0 Å². The van der Waals surface area contributed by atoms with Crippen molar-refractivity contribution in [3.8, 4) is 0 Å². The van der Waals surface area contributed by atoms with Crippen molar-refractivity contribution < 1.29 is 42.2 Å². The number of ether oxygens (including phenoxy) is 1. The first-order valence-electron chi connectivity index (χ1n) is 9.48. The highest BCUT2D eigenvalue weighted by Gasteiger charge is 2.60. The predicted molar refractivity (Wildman–Crippen MR) is 108 cm³/mol. The standard InChI is InChI=1S/C17H23F3N6O6S/c1-7(27)32-5-8-6-33-12-9(11(28)26(12)10(8)13(29)30)25-14(31)16(23,17(18,19)20)3-2-4-24-15(21)22/h9,12H,2-6,23H2,1H3,(H,25,31)(H,29,30)(H4,21,22,24). The number of rotatable bonds is 9. The Kier molecular flexibility index (Phi) is 7.84. The first-order valence-corrected chi connectivity index (χ1v) is 10.5. The Morgan fingerprint density at radius 1 is 1.36 bits per heavy atom. The fourth-order valence-corrected chi connectivity index (χ4v) is 4.55. The van der Waals surface area contributed by atoms with Crippen molar-refractivity contribution in [3.05, 3.63) is 11.3 Å². The molecule has 2 rings (SSSR count). The summed E-state index contributed by atoms with van der Waals surface area (Å²) in [6, 6.07) is -1.42. The zero-order valence-electron chi connectivity index (χ0n) is 17.3. The molecule has 2 aliphatic rings. The summed E-state index contributed by atoms with van der Waals surface area (Å²) in [4.78, 5) is 48.6. The average Bonchev–Trinajstić information content (AvgIpc) is 2.71. The van der Waals surface area contributed by atoms with Crippen molar-refractivity contribution >= 4 is 41.5 Å². The zero-order chi connectivity index (χ0) is 25.1. The van der Waals surface area contributed by atoms with Gasteiger partial charge in [0.2, 0.25) is 5.91 Å². The molecule has 12 nitrogen and oxygen atoms in total. The van der Waals surface area contributed by atoms with Gasteiger partial charge in [0.25, 0.3) is 5.91 Å². The van der Waals surface area contributed by atoms with Crippen LogP contribution >= 0.6 is 11.8 Å². The van der Waals surface area contributed by atoms with Crippen LogP contribution in [0.3, 0.4) is 0 Å². The molecule has 1 saturated heterocycles. The lowest BCUT2D eigenvalue weighted by molar-refractivity contribution is -0.194. The number of amides is 2. The minimum absolute atomic E-state index is 0.0134. The van der Waals surface area contributed by atoms with E-state index in [9.17, 15) is 37.5 Å². The summed E-state index contributed by atoms with van der Waals surface area (Å²) in [5, 5.41) is 19.8. The predicted octanol–water partition coefficient (Wildman–Crippen LogP) is -1.19. The number of nitrogens with two attached hydrogens (primary N) is 2. The van der Waals surface area contributed by atoms with E-state index in [4.69, 9.17) is 21.6 Å². The Morgan fingerprint density at radius 2 is 2.00 bits per heavy atom. The van der Waals surface area contributed by atoms with Gasteiger partial charge >= 0.3 is 18.1 Å². The summed E-state index contributed by atoms with van der Waals surface area (Å²) in [6.07, 6.45) is -6.25. The Bertz CT molecular complexity index is 897. The first-order chi connectivity index (χ1) is 15.2. The Morgan fingerprint density at radius 3 is 2.52 bits per heavy atom. The number of fused-ring (bicyclic) bond motifs is 1. The van der Waals surface area contributed by atoms with Crippen LogP contribution in [0.5, 0.6) is 0 Å². The zero-order valence-corrected chi connectivity index (χ0v) is 18.1. The fourth-order valence-electron chi connectivity index (χ4n) is 3.23. The molecule has 2 amide bonds. The molecule has 0 aromatic rings. The third-order valence-corrected chi connectivity index (χ3v) is 6.30. The highest BCUT2D eigenvalue weighted by atomic mass is 32.2. The van der Waals surface area contributed by atoms with Crippen molar-refractivity contribution in [2.24, 2.45) is 11.5 Å². The van der Waals surface area contributed by atoms with Gasteiger partial charge in [-0.25, -0.2) is 4.79 Å². The van der Waals surface area contributed by atoms with Gasteiger partial charge in [0, 0.05) is 24.8 Å². The maximum atomic E-state index is 13.6. The molecule has 0 aliphatic carbocycles. The van der Waals surface area contributed by atoms with Crippen LogP contribution in [-0.2, 0) is 23.9 Å². The lowest BCUT2D eigenvalue weighted by Gasteiger charge is -2.50. The normalized spacial score (nSPS) is 22.0. The lowest BCUT2D eigenvalue weighted by Crippen LogP contribution is -2.74. The number of carbonyl (C=O) groups excluding carboxylic acids is 3. The first kappa shape index (κ1) is 26.2. The number of thioether (sulfide) groups is 1. The van der Waals surface area contributed by atoms with E-state index in [0.717, 1.165) is 23.6 Å². The van der Waals surface area contributed by atoms with Gasteiger partial charge in [-0.2, -0.15) is 13.2 Å². The molecule has 2 heterocycles. The minimum Gasteiger partial charge on any atom is -0.477 e. The highest BCUT2D eigenvalue weighted by Crippen LogP contribution is 2.41. The van der Waals surface area contributed by atoms with E-state index in [1.165, 1.54) is 0 Å². The number of esters is 1. The summed E-state index contributed by atoms with van der Waals surface area (Å²) in [5.74, 6) is -5.16. The fraction of sp³-hybridized carbons (Fsp3) is 0.588. The SMILES string of the molecule is CC(=O)OCC1=C(C(=O)O)N2C(=O)C(NC(=O)C(N)(CCCNC(=N)N)C(F)(F)F)C2SC1. The van der Waals surface area contributed by atoms with Gasteiger partial charge in [0.15, 0.2) is 11.5 Å². The molecule has 16 heteroatoms. The van der Waals surface area contributed by atoms with Crippen LogP contribution in [-0.4, -0.2) is 81.8 Å². The lowest BCUT2D eigenvalue weighted by atomic mass is 9.91. The number of guanidine groups is 1. The number of carboxylic acids is 1. The Hall–Kier alpha value is -3.01. The number of hydrogen-bond donors (Lipinski definition) is 6. The summed E-state index contributed by atoms with van der Waals surface area (Å²) in [6.45, 7) is 0.617. The number of alkyl halides is 3. The maximum absolute atomic E-state index is 13.6. The molecule has 2 aliphatic heterocycles. The summed E-state index contributed by atoms with van der Waals surface area (Å²) in [7, 11) is 0. The number of β-lactam (4-membered cyclic amide) rings is 1. The summed E-state index contributed by atoms with van der Waals surface area (Å²) < 4.78 is 45.6. The van der Waals surface area contributed by atoms with Crippen molar-refractivity contribution in [3.63, 3.8) is 0 Å². The Balaban J connectivity index is 2.15. The Labute approximate surface area is 189 Å². The number of hydrogen-bond acceptors (Lipinski definition) is 8. The molecule has 0 saturated carbocycles. The third kappa shape index (κ3) is 5.50.